The van der Waals surface area contributed by atoms with Gasteiger partial charge in [-0.2, -0.15) is 8.42 Å². The van der Waals surface area contributed by atoms with E-state index in [1.54, 1.807) is 24.3 Å². The Morgan fingerprint density at radius 2 is 1.35 bits per heavy atom. The van der Waals surface area contributed by atoms with E-state index in [-0.39, 0.29) is 12.5 Å². The third-order valence-corrected chi connectivity index (χ3v) is 9.64. The van der Waals surface area contributed by atoms with Crippen molar-refractivity contribution in [1.29, 1.82) is 0 Å². The van der Waals surface area contributed by atoms with Gasteiger partial charge in [0.2, 0.25) is 5.91 Å². The van der Waals surface area contributed by atoms with Crippen molar-refractivity contribution in [3.05, 3.63) is 137 Å². The van der Waals surface area contributed by atoms with Crippen LogP contribution in [0.25, 0.3) is 22.3 Å². The van der Waals surface area contributed by atoms with Gasteiger partial charge in [-0.1, -0.05) is 72.3 Å². The standard InChI is InChI=1S/C41H40N2O7S/c1-26-22-27(2)39(28(3)23-26)32-12-15-35(16-13-32)43-41(45)36(24-29-4-6-33(7-5-29)40(44)42-18-21-51(46,47)48)31-10-8-30(9-11-31)34-14-17-37-38(25-34)50-20-19-49-37/h4-17,22-23,25,36H,18-21,24H2,1-3H3,(H,42,44)(H,43,45)(H,46,47,48). The monoisotopic (exact) mass is 704 g/mol. The zero-order chi connectivity index (χ0) is 36.1. The van der Waals surface area contributed by atoms with Gasteiger partial charge in [-0.3, -0.25) is 14.1 Å². The second-order valence-electron chi connectivity index (χ2n) is 12.8. The normalized spacial score (nSPS) is 12.9. The molecule has 1 unspecified atom stereocenters. The van der Waals surface area contributed by atoms with E-state index in [2.05, 4.69) is 43.5 Å². The summed E-state index contributed by atoms with van der Waals surface area (Å²) in [7, 11) is -4.19. The summed E-state index contributed by atoms with van der Waals surface area (Å²) in [6, 6.07) is 32.8. The van der Waals surface area contributed by atoms with Gasteiger partial charge in [0.1, 0.15) is 13.2 Å². The fourth-order valence-electron chi connectivity index (χ4n) is 6.50. The highest BCUT2D eigenvalue weighted by Crippen LogP contribution is 2.35. The molecule has 2 amide bonds. The third kappa shape index (κ3) is 8.83. The number of carbonyl (C=O) groups is 2. The maximum Gasteiger partial charge on any atom is 0.266 e. The first-order chi connectivity index (χ1) is 24.4. The number of amides is 2. The molecule has 0 saturated heterocycles. The Kier molecular flexibility index (Phi) is 10.5. The smallest absolute Gasteiger partial charge is 0.266 e. The summed E-state index contributed by atoms with van der Waals surface area (Å²) >= 11 is 0. The minimum atomic E-state index is -4.19. The van der Waals surface area contributed by atoms with E-state index in [1.165, 1.54) is 22.3 Å². The quantitative estimate of drug-likeness (QED) is 0.123. The molecule has 262 valence electrons. The molecule has 6 rings (SSSR count). The van der Waals surface area contributed by atoms with Crippen molar-refractivity contribution in [2.75, 3.05) is 30.8 Å². The summed E-state index contributed by atoms with van der Waals surface area (Å²) in [6.45, 7) is 7.12. The maximum absolute atomic E-state index is 14.0. The number of ether oxygens (including phenoxy) is 2. The molecule has 0 radical (unpaired) electrons. The first kappa shape index (κ1) is 35.4. The van der Waals surface area contributed by atoms with Crippen LogP contribution in [0.3, 0.4) is 0 Å². The van der Waals surface area contributed by atoms with Crippen LogP contribution in [0, 0.1) is 20.8 Å². The number of anilines is 1. The lowest BCUT2D eigenvalue weighted by molar-refractivity contribution is -0.117. The molecule has 0 aromatic heterocycles. The van der Waals surface area contributed by atoms with Gasteiger partial charge < -0.3 is 20.1 Å². The van der Waals surface area contributed by atoms with Crippen LogP contribution in [0.2, 0.25) is 0 Å². The highest BCUT2D eigenvalue weighted by Gasteiger charge is 2.23. The molecule has 0 fully saturated rings. The number of carbonyl (C=O) groups excluding carboxylic acids is 2. The summed E-state index contributed by atoms with van der Waals surface area (Å²) in [5.74, 6) is -0.352. The molecule has 0 bridgehead atoms. The lowest BCUT2D eigenvalue weighted by Crippen LogP contribution is -2.28. The highest BCUT2D eigenvalue weighted by atomic mass is 32.2. The largest absolute Gasteiger partial charge is 0.486 e. The number of hydrogen-bond acceptors (Lipinski definition) is 6. The Morgan fingerprint density at radius 1 is 0.745 bits per heavy atom. The Morgan fingerprint density at radius 3 is 2.00 bits per heavy atom. The number of fused-ring (bicyclic) bond motifs is 1. The molecule has 1 heterocycles. The van der Waals surface area contributed by atoms with E-state index >= 15 is 0 Å². The maximum atomic E-state index is 14.0. The molecule has 1 aliphatic rings. The van der Waals surface area contributed by atoms with Crippen LogP contribution in [-0.2, 0) is 21.3 Å². The number of aryl methyl sites for hydroxylation is 3. The van der Waals surface area contributed by atoms with E-state index < -0.39 is 27.7 Å². The van der Waals surface area contributed by atoms with Crippen LogP contribution in [-0.4, -0.2) is 50.3 Å². The number of hydrogen-bond donors (Lipinski definition) is 3. The predicted molar refractivity (Wildman–Crippen MR) is 199 cm³/mol. The summed E-state index contributed by atoms with van der Waals surface area (Å²) in [4.78, 5) is 26.6. The first-order valence-electron chi connectivity index (χ1n) is 16.7. The van der Waals surface area contributed by atoms with Gasteiger partial charge in [0.15, 0.2) is 11.5 Å². The average molecular weight is 705 g/mol. The number of nitrogens with one attached hydrogen (secondary N) is 2. The lowest BCUT2D eigenvalue weighted by atomic mass is 9.89. The van der Waals surface area contributed by atoms with Crippen molar-refractivity contribution in [3.63, 3.8) is 0 Å². The molecule has 3 N–H and O–H groups in total. The lowest BCUT2D eigenvalue weighted by Gasteiger charge is -2.20. The van der Waals surface area contributed by atoms with Crippen molar-refractivity contribution < 1.29 is 32.0 Å². The Balaban J connectivity index is 1.23. The molecule has 5 aromatic carbocycles. The van der Waals surface area contributed by atoms with Gasteiger partial charge in [-0.05, 0) is 108 Å². The van der Waals surface area contributed by atoms with Gasteiger partial charge in [-0.15, -0.1) is 0 Å². The fourth-order valence-corrected chi connectivity index (χ4v) is 6.86. The summed E-state index contributed by atoms with van der Waals surface area (Å²) in [6.07, 6.45) is 0.361. The van der Waals surface area contributed by atoms with E-state index in [4.69, 9.17) is 14.0 Å². The topological polar surface area (TPSA) is 131 Å². The molecule has 1 atom stereocenters. The second kappa shape index (κ2) is 15.2. The van der Waals surface area contributed by atoms with Gasteiger partial charge in [0, 0.05) is 17.8 Å². The highest BCUT2D eigenvalue weighted by molar-refractivity contribution is 7.85. The van der Waals surface area contributed by atoms with E-state index in [0.717, 1.165) is 33.6 Å². The van der Waals surface area contributed by atoms with Crippen molar-refractivity contribution >= 4 is 27.6 Å². The fraction of sp³-hybridized carbons (Fsp3) is 0.220. The van der Waals surface area contributed by atoms with Crippen LogP contribution in [0.15, 0.2) is 103 Å². The van der Waals surface area contributed by atoms with Crippen LogP contribution in [0.5, 0.6) is 11.5 Å². The zero-order valence-electron chi connectivity index (χ0n) is 28.7. The molecule has 0 aliphatic carbocycles. The SMILES string of the molecule is Cc1cc(C)c(-c2ccc(NC(=O)C(Cc3ccc(C(=O)NCCS(=O)(=O)O)cc3)c3ccc(-c4ccc5c(c4)OCCO5)cc3)cc2)c(C)c1. The molecular weight excluding hydrogens is 665 g/mol. The molecule has 10 heteroatoms. The van der Waals surface area contributed by atoms with Gasteiger partial charge >= 0.3 is 0 Å². The molecule has 1 aliphatic heterocycles. The minimum absolute atomic E-state index is 0.176. The average Bonchev–Trinajstić information content (AvgIpc) is 3.10. The molecule has 0 saturated carbocycles. The summed E-state index contributed by atoms with van der Waals surface area (Å²) in [5, 5.41) is 5.61. The van der Waals surface area contributed by atoms with Crippen molar-refractivity contribution in [1.82, 2.24) is 5.32 Å². The zero-order valence-corrected chi connectivity index (χ0v) is 29.5. The van der Waals surface area contributed by atoms with Crippen LogP contribution in [0.4, 0.5) is 5.69 Å². The van der Waals surface area contributed by atoms with Crippen LogP contribution in [0.1, 0.15) is 44.1 Å². The third-order valence-electron chi connectivity index (χ3n) is 8.92. The molecule has 5 aromatic rings. The number of rotatable bonds is 11. The Labute approximate surface area is 298 Å². The molecule has 0 spiro atoms. The van der Waals surface area contributed by atoms with E-state index in [9.17, 15) is 18.0 Å². The van der Waals surface area contributed by atoms with E-state index in [1.807, 2.05) is 66.7 Å². The molecular formula is C41H40N2O7S. The predicted octanol–water partition coefficient (Wildman–Crippen LogP) is 7.30. The van der Waals surface area contributed by atoms with Crippen molar-refractivity contribution in [3.8, 4) is 33.8 Å². The van der Waals surface area contributed by atoms with Crippen molar-refractivity contribution in [2.45, 2.75) is 33.1 Å². The van der Waals surface area contributed by atoms with Gasteiger partial charge in [-0.25, -0.2) is 0 Å². The Hall–Kier alpha value is -5.45. The van der Waals surface area contributed by atoms with Crippen LogP contribution >= 0.6 is 0 Å². The van der Waals surface area contributed by atoms with Crippen molar-refractivity contribution in [2.24, 2.45) is 0 Å². The Bertz CT molecular complexity index is 2140. The van der Waals surface area contributed by atoms with Gasteiger partial charge in [0.05, 0.1) is 11.7 Å². The number of benzene rings is 5. The van der Waals surface area contributed by atoms with E-state index in [0.29, 0.717) is 36.6 Å². The minimum Gasteiger partial charge on any atom is -0.486 e. The van der Waals surface area contributed by atoms with Crippen LogP contribution < -0.4 is 20.1 Å². The van der Waals surface area contributed by atoms with Gasteiger partial charge in [0.25, 0.3) is 16.0 Å². The summed E-state index contributed by atoms with van der Waals surface area (Å²) < 4.78 is 42.4. The summed E-state index contributed by atoms with van der Waals surface area (Å²) in [5.41, 5.74) is 10.5. The first-order valence-corrected chi connectivity index (χ1v) is 18.4. The second-order valence-corrected chi connectivity index (χ2v) is 14.4. The molecule has 9 nitrogen and oxygen atoms in total. The molecule has 51 heavy (non-hydrogen) atoms.